The van der Waals surface area contributed by atoms with E-state index in [0.717, 1.165) is 35.4 Å². The highest BCUT2D eigenvalue weighted by atomic mass is 79.9. The number of ether oxygens (including phenoxy) is 3. The van der Waals surface area contributed by atoms with Gasteiger partial charge in [0.15, 0.2) is 11.5 Å². The fourth-order valence-electron chi connectivity index (χ4n) is 4.45. The number of benzene rings is 3. The lowest BCUT2D eigenvalue weighted by Crippen LogP contribution is -2.36. The molecule has 0 radical (unpaired) electrons. The molecule has 2 heterocycles. The van der Waals surface area contributed by atoms with Crippen LogP contribution in [0.5, 0.6) is 11.5 Å². The van der Waals surface area contributed by atoms with E-state index >= 15 is 0 Å². The molecule has 0 saturated carbocycles. The molecule has 42 heavy (non-hydrogen) atoms. The highest BCUT2D eigenvalue weighted by Crippen LogP contribution is 2.39. The van der Waals surface area contributed by atoms with E-state index < -0.39 is 23.6 Å². The standard InChI is InChI=1S/C30H27BrFN3O6S/c1-39-25-15-20(14-24(31)28(25)41-18-19-3-2-4-21(32)13-19)16-26-29(37)35(30(38)42-26)17-27(36)33-22-5-7-23(8-6-22)34-9-11-40-12-10-34/h2-8,13-16H,9-12,17-18H2,1H3,(H,33,36)/b26-16+. The highest BCUT2D eigenvalue weighted by molar-refractivity contribution is 9.10. The second-order valence-electron chi connectivity index (χ2n) is 9.42. The number of anilines is 2. The minimum absolute atomic E-state index is 0.116. The van der Waals surface area contributed by atoms with Gasteiger partial charge in [0.05, 0.1) is 29.7 Å². The predicted octanol–water partition coefficient (Wildman–Crippen LogP) is 5.69. The van der Waals surface area contributed by atoms with Crippen molar-refractivity contribution in [3.63, 3.8) is 0 Å². The maximum absolute atomic E-state index is 13.5. The summed E-state index contributed by atoms with van der Waals surface area (Å²) in [6.45, 7) is 2.66. The average molecular weight is 657 g/mol. The summed E-state index contributed by atoms with van der Waals surface area (Å²) in [5.74, 6) is -0.625. The van der Waals surface area contributed by atoms with Gasteiger partial charge in [0.2, 0.25) is 5.91 Å². The first-order valence-electron chi connectivity index (χ1n) is 13.0. The molecule has 0 spiro atoms. The van der Waals surface area contributed by atoms with Gasteiger partial charge in [-0.3, -0.25) is 19.3 Å². The molecule has 2 aliphatic heterocycles. The summed E-state index contributed by atoms with van der Waals surface area (Å²) >= 11 is 4.22. The number of carbonyl (C=O) groups excluding carboxylic acids is 3. The number of thioether (sulfide) groups is 1. The molecule has 2 fully saturated rings. The van der Waals surface area contributed by atoms with Gasteiger partial charge in [0.25, 0.3) is 11.1 Å². The van der Waals surface area contributed by atoms with Crippen LogP contribution in [0.15, 0.2) is 70.0 Å². The van der Waals surface area contributed by atoms with Crippen LogP contribution >= 0.6 is 27.7 Å². The Kier molecular flexibility index (Phi) is 9.45. The van der Waals surface area contributed by atoms with Crippen molar-refractivity contribution in [3.8, 4) is 11.5 Å². The van der Waals surface area contributed by atoms with E-state index in [1.54, 1.807) is 42.5 Å². The molecule has 1 N–H and O–H groups in total. The number of methoxy groups -OCH3 is 1. The van der Waals surface area contributed by atoms with Crippen molar-refractivity contribution in [1.29, 1.82) is 0 Å². The molecule has 5 rings (SSSR count). The van der Waals surface area contributed by atoms with Gasteiger partial charge in [-0.2, -0.15) is 0 Å². The first kappa shape index (κ1) is 29.6. The zero-order valence-corrected chi connectivity index (χ0v) is 25.0. The molecule has 0 unspecified atom stereocenters. The fourth-order valence-corrected chi connectivity index (χ4v) is 5.87. The number of nitrogens with zero attached hydrogens (tertiary/aromatic N) is 2. The van der Waals surface area contributed by atoms with Crippen LogP contribution in [0, 0.1) is 5.82 Å². The van der Waals surface area contributed by atoms with Gasteiger partial charge in [-0.15, -0.1) is 0 Å². The van der Waals surface area contributed by atoms with Crippen LogP contribution in [-0.2, 0) is 20.9 Å². The lowest BCUT2D eigenvalue weighted by molar-refractivity contribution is -0.127. The fraction of sp³-hybridized carbons (Fsp3) is 0.233. The second-order valence-corrected chi connectivity index (χ2v) is 11.3. The lowest BCUT2D eigenvalue weighted by Gasteiger charge is -2.28. The normalized spacial score (nSPS) is 16.2. The van der Waals surface area contributed by atoms with Crippen molar-refractivity contribution >= 4 is 62.2 Å². The van der Waals surface area contributed by atoms with Gasteiger partial charge in [-0.1, -0.05) is 12.1 Å². The van der Waals surface area contributed by atoms with E-state index in [2.05, 4.69) is 26.1 Å². The molecular weight excluding hydrogens is 629 g/mol. The number of hydrogen-bond acceptors (Lipinski definition) is 8. The molecule has 2 saturated heterocycles. The molecule has 3 amide bonds. The van der Waals surface area contributed by atoms with Crippen LogP contribution < -0.4 is 19.7 Å². The molecule has 0 atom stereocenters. The van der Waals surface area contributed by atoms with Gasteiger partial charge in [0.1, 0.15) is 19.0 Å². The summed E-state index contributed by atoms with van der Waals surface area (Å²) in [5.41, 5.74) is 2.82. The number of rotatable bonds is 9. The topological polar surface area (TPSA) is 97.4 Å². The molecule has 12 heteroatoms. The van der Waals surface area contributed by atoms with Crippen molar-refractivity contribution in [3.05, 3.63) is 87.0 Å². The van der Waals surface area contributed by atoms with Crippen molar-refractivity contribution in [2.75, 3.05) is 50.2 Å². The Labute approximate surface area is 254 Å². The van der Waals surface area contributed by atoms with Gasteiger partial charge >= 0.3 is 0 Å². The summed E-state index contributed by atoms with van der Waals surface area (Å²) in [5, 5.41) is 2.21. The van der Waals surface area contributed by atoms with Crippen LogP contribution in [0.1, 0.15) is 11.1 Å². The Bertz CT molecular complexity index is 1530. The van der Waals surface area contributed by atoms with Crippen molar-refractivity contribution in [2.45, 2.75) is 6.61 Å². The number of nitrogens with one attached hydrogen (secondary N) is 1. The van der Waals surface area contributed by atoms with Crippen LogP contribution in [-0.4, -0.2) is 61.9 Å². The lowest BCUT2D eigenvalue weighted by atomic mass is 10.1. The molecule has 9 nitrogen and oxygen atoms in total. The number of morpholine rings is 1. The van der Waals surface area contributed by atoms with Crippen molar-refractivity contribution in [2.24, 2.45) is 0 Å². The average Bonchev–Trinajstić information content (AvgIpc) is 3.24. The number of halogens is 2. The molecular formula is C30H27BrFN3O6S. The highest BCUT2D eigenvalue weighted by Gasteiger charge is 2.36. The van der Waals surface area contributed by atoms with Crippen LogP contribution in [0.2, 0.25) is 0 Å². The Morgan fingerprint density at radius 3 is 2.60 bits per heavy atom. The van der Waals surface area contributed by atoms with Gasteiger partial charge in [-0.25, -0.2) is 4.39 Å². The second kappa shape index (κ2) is 13.4. The van der Waals surface area contributed by atoms with E-state index in [4.69, 9.17) is 14.2 Å². The van der Waals surface area contributed by atoms with E-state index in [9.17, 15) is 18.8 Å². The molecule has 3 aromatic carbocycles. The monoisotopic (exact) mass is 655 g/mol. The quantitative estimate of drug-likeness (QED) is 0.294. The van der Waals surface area contributed by atoms with E-state index in [1.807, 2.05) is 12.1 Å². The minimum Gasteiger partial charge on any atom is -0.493 e. The third-order valence-corrected chi connectivity index (χ3v) is 8.02. The molecule has 218 valence electrons. The summed E-state index contributed by atoms with van der Waals surface area (Å²) in [4.78, 5) is 41.6. The number of hydrogen-bond donors (Lipinski definition) is 1. The van der Waals surface area contributed by atoms with E-state index in [0.29, 0.717) is 46.0 Å². The maximum Gasteiger partial charge on any atom is 0.294 e. The maximum atomic E-state index is 13.5. The summed E-state index contributed by atoms with van der Waals surface area (Å²) in [7, 11) is 1.48. The SMILES string of the molecule is COc1cc(/C=C2/SC(=O)N(CC(=O)Nc3ccc(N4CCOCC4)cc3)C2=O)cc(Br)c1OCc1cccc(F)c1. The number of carbonyl (C=O) groups is 3. The third kappa shape index (κ3) is 7.12. The Balaban J connectivity index is 1.22. The first-order valence-corrected chi connectivity index (χ1v) is 14.6. The molecule has 2 aliphatic rings. The summed E-state index contributed by atoms with van der Waals surface area (Å²) in [6, 6.07) is 16.8. The number of imide groups is 1. The van der Waals surface area contributed by atoms with Gasteiger partial charge in [0, 0.05) is 24.5 Å². The van der Waals surface area contributed by atoms with Crippen LogP contribution in [0.3, 0.4) is 0 Å². The van der Waals surface area contributed by atoms with Crippen LogP contribution in [0.4, 0.5) is 20.6 Å². The molecule has 0 bridgehead atoms. The van der Waals surface area contributed by atoms with Crippen molar-refractivity contribution < 1.29 is 33.0 Å². The predicted molar refractivity (Wildman–Crippen MR) is 162 cm³/mol. The van der Waals surface area contributed by atoms with E-state index in [-0.39, 0.29) is 17.3 Å². The zero-order chi connectivity index (χ0) is 29.6. The van der Waals surface area contributed by atoms with E-state index in [1.165, 1.54) is 19.2 Å². The van der Waals surface area contributed by atoms with Crippen LogP contribution in [0.25, 0.3) is 6.08 Å². The van der Waals surface area contributed by atoms with Crippen molar-refractivity contribution in [1.82, 2.24) is 4.90 Å². The molecule has 3 aromatic rings. The Morgan fingerprint density at radius 2 is 1.88 bits per heavy atom. The Morgan fingerprint density at radius 1 is 1.12 bits per heavy atom. The van der Waals surface area contributed by atoms with Gasteiger partial charge < -0.3 is 24.4 Å². The minimum atomic E-state index is -0.565. The molecule has 0 aromatic heterocycles. The molecule has 0 aliphatic carbocycles. The first-order chi connectivity index (χ1) is 20.3. The number of amides is 3. The zero-order valence-electron chi connectivity index (χ0n) is 22.6. The largest absolute Gasteiger partial charge is 0.493 e. The van der Waals surface area contributed by atoms with Gasteiger partial charge in [-0.05, 0) is 93.4 Å². The summed E-state index contributed by atoms with van der Waals surface area (Å²) in [6.07, 6.45) is 1.55. The Hall–Kier alpha value is -3.87. The third-order valence-electron chi connectivity index (χ3n) is 6.52. The smallest absolute Gasteiger partial charge is 0.294 e. The summed E-state index contributed by atoms with van der Waals surface area (Å²) < 4.78 is 30.8.